The fraction of sp³-hybridized carbons (Fsp3) is 0.923. The average molecular weight is 255 g/mol. The third-order valence-electron chi connectivity index (χ3n) is 3.96. The number of ether oxygens (including phenoxy) is 1. The zero-order valence-electron chi connectivity index (χ0n) is 11.7. The van der Waals surface area contributed by atoms with E-state index in [9.17, 15) is 4.79 Å². The fourth-order valence-electron chi connectivity index (χ4n) is 2.75. The minimum absolute atomic E-state index is 0.154. The predicted molar refractivity (Wildman–Crippen MR) is 70.5 cm³/mol. The van der Waals surface area contributed by atoms with Crippen LogP contribution in [0.25, 0.3) is 0 Å². The van der Waals surface area contributed by atoms with E-state index in [0.717, 1.165) is 32.7 Å². The van der Waals surface area contributed by atoms with Crippen LogP contribution in [0.3, 0.4) is 0 Å². The summed E-state index contributed by atoms with van der Waals surface area (Å²) in [6, 6.07) is 0. The molecule has 2 fully saturated rings. The fourth-order valence-corrected chi connectivity index (χ4v) is 2.75. The lowest BCUT2D eigenvalue weighted by atomic mass is 9.99. The van der Waals surface area contributed by atoms with Crippen LogP contribution in [0, 0.1) is 0 Å². The lowest BCUT2D eigenvalue weighted by Crippen LogP contribution is -2.62. The maximum atomic E-state index is 12.7. The van der Waals surface area contributed by atoms with Crippen molar-refractivity contribution < 1.29 is 9.53 Å². The molecule has 5 nitrogen and oxygen atoms in total. The smallest absolute Gasteiger partial charge is 0.242 e. The molecule has 2 rings (SSSR count). The largest absolute Gasteiger partial charge is 0.375 e. The number of piperazine rings is 1. The zero-order chi connectivity index (χ0) is 13.2. The van der Waals surface area contributed by atoms with Crippen molar-refractivity contribution in [3.05, 3.63) is 0 Å². The molecule has 18 heavy (non-hydrogen) atoms. The second-order valence-corrected chi connectivity index (χ2v) is 5.73. The van der Waals surface area contributed by atoms with Crippen LogP contribution in [0.2, 0.25) is 0 Å². The first-order chi connectivity index (χ1) is 8.51. The molecule has 0 spiro atoms. The summed E-state index contributed by atoms with van der Waals surface area (Å²) in [4.78, 5) is 16.9. The third-order valence-corrected chi connectivity index (χ3v) is 3.96. The number of hydrogen-bond donors (Lipinski definition) is 1. The highest BCUT2D eigenvalue weighted by molar-refractivity contribution is 5.85. The van der Waals surface area contributed by atoms with Crippen molar-refractivity contribution in [3.63, 3.8) is 0 Å². The predicted octanol–water partition coefficient (Wildman–Crippen LogP) is -0.0825. The minimum Gasteiger partial charge on any atom is -0.375 e. The van der Waals surface area contributed by atoms with Crippen LogP contribution < -0.4 is 5.32 Å². The Kier molecular flexibility index (Phi) is 4.25. The number of nitrogens with one attached hydrogen (secondary N) is 1. The Morgan fingerprint density at radius 2 is 1.94 bits per heavy atom. The van der Waals surface area contributed by atoms with Crippen LogP contribution >= 0.6 is 0 Å². The molecule has 0 saturated carbocycles. The van der Waals surface area contributed by atoms with Gasteiger partial charge in [0.1, 0.15) is 0 Å². The van der Waals surface area contributed by atoms with E-state index >= 15 is 0 Å². The lowest BCUT2D eigenvalue weighted by molar-refractivity contribution is -0.150. The topological polar surface area (TPSA) is 44.8 Å². The first-order valence-electron chi connectivity index (χ1n) is 6.88. The summed E-state index contributed by atoms with van der Waals surface area (Å²) in [7, 11) is 0. The van der Waals surface area contributed by atoms with Crippen LogP contribution in [-0.4, -0.2) is 73.2 Å². The second kappa shape index (κ2) is 5.55. The maximum absolute atomic E-state index is 12.7. The lowest BCUT2D eigenvalue weighted by Gasteiger charge is -2.44. The molecular weight excluding hydrogens is 230 g/mol. The summed E-state index contributed by atoms with van der Waals surface area (Å²) in [5.41, 5.74) is -0.404. The molecule has 1 atom stereocenters. The molecule has 0 bridgehead atoms. The van der Waals surface area contributed by atoms with Crippen molar-refractivity contribution in [2.75, 3.05) is 45.9 Å². The van der Waals surface area contributed by atoms with Crippen molar-refractivity contribution in [1.29, 1.82) is 0 Å². The Bertz CT molecular complexity index is 301. The maximum Gasteiger partial charge on any atom is 0.242 e. The van der Waals surface area contributed by atoms with Gasteiger partial charge >= 0.3 is 0 Å². The summed E-state index contributed by atoms with van der Waals surface area (Å²) >= 11 is 0. The highest BCUT2D eigenvalue weighted by Gasteiger charge is 2.39. The Hall–Kier alpha value is -0.650. The van der Waals surface area contributed by atoms with Gasteiger partial charge in [-0.2, -0.15) is 0 Å². The van der Waals surface area contributed by atoms with Gasteiger partial charge in [-0.25, -0.2) is 0 Å². The van der Waals surface area contributed by atoms with E-state index in [2.05, 4.69) is 10.2 Å². The van der Waals surface area contributed by atoms with E-state index < -0.39 is 5.54 Å². The molecule has 5 heteroatoms. The van der Waals surface area contributed by atoms with E-state index in [1.165, 1.54) is 0 Å². The molecule has 1 unspecified atom stereocenters. The van der Waals surface area contributed by atoms with Gasteiger partial charge in [0.2, 0.25) is 5.91 Å². The Balaban J connectivity index is 2.01. The van der Waals surface area contributed by atoms with Crippen molar-refractivity contribution in [2.45, 2.75) is 32.4 Å². The molecule has 104 valence electrons. The summed E-state index contributed by atoms with van der Waals surface area (Å²) in [6.07, 6.45) is 0.154. The number of morpholine rings is 1. The van der Waals surface area contributed by atoms with Crippen molar-refractivity contribution >= 4 is 5.91 Å². The van der Waals surface area contributed by atoms with Gasteiger partial charge in [-0.1, -0.05) is 0 Å². The van der Waals surface area contributed by atoms with Gasteiger partial charge < -0.3 is 15.0 Å². The first-order valence-corrected chi connectivity index (χ1v) is 6.88. The van der Waals surface area contributed by atoms with E-state index in [0.29, 0.717) is 13.2 Å². The minimum atomic E-state index is -0.404. The number of carbonyl (C=O) groups excluding carboxylic acids is 1. The number of rotatable bonds is 2. The molecule has 1 amide bonds. The van der Waals surface area contributed by atoms with Crippen LogP contribution in [0.15, 0.2) is 0 Å². The quantitative estimate of drug-likeness (QED) is 0.749. The molecule has 0 radical (unpaired) electrons. The van der Waals surface area contributed by atoms with E-state index in [1.54, 1.807) is 0 Å². The Morgan fingerprint density at radius 3 is 2.56 bits per heavy atom. The molecule has 2 aliphatic rings. The Morgan fingerprint density at radius 1 is 1.28 bits per heavy atom. The number of carbonyl (C=O) groups is 1. The summed E-state index contributed by atoms with van der Waals surface area (Å²) < 4.78 is 5.50. The van der Waals surface area contributed by atoms with E-state index in [4.69, 9.17) is 4.74 Å². The summed E-state index contributed by atoms with van der Waals surface area (Å²) in [5, 5.41) is 3.33. The van der Waals surface area contributed by atoms with Crippen molar-refractivity contribution in [3.8, 4) is 0 Å². The van der Waals surface area contributed by atoms with E-state index in [-0.39, 0.29) is 12.0 Å². The molecule has 2 heterocycles. The van der Waals surface area contributed by atoms with Crippen molar-refractivity contribution in [1.82, 2.24) is 15.1 Å². The first kappa shape index (κ1) is 13.8. The second-order valence-electron chi connectivity index (χ2n) is 5.73. The van der Waals surface area contributed by atoms with Crippen LogP contribution in [0.1, 0.15) is 20.8 Å². The van der Waals surface area contributed by atoms with E-state index in [1.807, 2.05) is 25.7 Å². The molecule has 2 aliphatic heterocycles. The van der Waals surface area contributed by atoms with Gasteiger partial charge in [-0.05, 0) is 20.8 Å². The Labute approximate surface area is 109 Å². The SMILES string of the molecule is CC1CN(C(=O)C(C)(C)N2CCNCC2)CCO1. The normalized spacial score (nSPS) is 27.3. The van der Waals surface area contributed by atoms with Gasteiger partial charge in [-0.15, -0.1) is 0 Å². The van der Waals surface area contributed by atoms with Gasteiger partial charge in [-0.3, -0.25) is 9.69 Å². The number of amides is 1. The standard InChI is InChI=1S/C13H25N3O2/c1-11-10-15(8-9-18-11)12(17)13(2,3)16-6-4-14-5-7-16/h11,14H,4-10H2,1-3H3. The average Bonchev–Trinajstić information content (AvgIpc) is 2.39. The van der Waals surface area contributed by atoms with Gasteiger partial charge in [0, 0.05) is 39.3 Å². The van der Waals surface area contributed by atoms with Gasteiger partial charge in [0.25, 0.3) is 0 Å². The molecule has 2 saturated heterocycles. The highest BCUT2D eigenvalue weighted by atomic mass is 16.5. The third kappa shape index (κ3) is 2.84. The van der Waals surface area contributed by atoms with Crippen LogP contribution in [-0.2, 0) is 9.53 Å². The summed E-state index contributed by atoms with van der Waals surface area (Å²) in [6.45, 7) is 12.0. The molecule has 0 aromatic heterocycles. The van der Waals surface area contributed by atoms with Crippen LogP contribution in [0.4, 0.5) is 0 Å². The molecule has 0 aromatic rings. The van der Waals surface area contributed by atoms with Gasteiger partial charge in [0.05, 0.1) is 18.2 Å². The molecule has 0 aromatic carbocycles. The number of hydrogen-bond acceptors (Lipinski definition) is 4. The van der Waals surface area contributed by atoms with Crippen molar-refractivity contribution in [2.24, 2.45) is 0 Å². The molecular formula is C13H25N3O2. The monoisotopic (exact) mass is 255 g/mol. The highest BCUT2D eigenvalue weighted by Crippen LogP contribution is 2.20. The molecule has 1 N–H and O–H groups in total. The van der Waals surface area contributed by atoms with Gasteiger partial charge in [0.15, 0.2) is 0 Å². The molecule has 0 aliphatic carbocycles. The van der Waals surface area contributed by atoms with Crippen LogP contribution in [0.5, 0.6) is 0 Å². The number of nitrogens with zero attached hydrogens (tertiary/aromatic N) is 2. The summed E-state index contributed by atoms with van der Waals surface area (Å²) in [5.74, 6) is 0.236. The zero-order valence-corrected chi connectivity index (χ0v) is 11.7.